The number of halogens is 1. The second kappa shape index (κ2) is 11.2. The Morgan fingerprint density at radius 3 is 2.55 bits per heavy atom. The smallest absolute Gasteiger partial charge is 0.325 e. The number of alkyl halides is 1. The van der Waals surface area contributed by atoms with Crippen LogP contribution in [0.1, 0.15) is 27.0 Å². The van der Waals surface area contributed by atoms with Crippen molar-refractivity contribution >= 4 is 52.4 Å². The van der Waals surface area contributed by atoms with Crippen molar-refractivity contribution in [3.8, 4) is 0 Å². The molecule has 0 aliphatic carbocycles. The van der Waals surface area contributed by atoms with Gasteiger partial charge in [-0.1, -0.05) is 24.8 Å². The zero-order valence-electron chi connectivity index (χ0n) is 15.9. The normalized spacial score (nSPS) is 10.9. The molecule has 1 aromatic carbocycles. The van der Waals surface area contributed by atoms with Gasteiger partial charge in [0, 0.05) is 21.2 Å². The van der Waals surface area contributed by atoms with Crippen molar-refractivity contribution in [3.63, 3.8) is 0 Å². The Morgan fingerprint density at radius 2 is 1.90 bits per heavy atom. The number of allylic oxidation sites excluding steroid dienone is 1. The highest BCUT2D eigenvalue weighted by molar-refractivity contribution is 7.14. The average molecular weight is 433 g/mol. The summed E-state index contributed by atoms with van der Waals surface area (Å²) in [5, 5.41) is 5.06. The monoisotopic (exact) mass is 432 g/mol. The Kier molecular flexibility index (Phi) is 8.64. The van der Waals surface area contributed by atoms with Crippen LogP contribution in [0.15, 0.2) is 54.7 Å². The lowest BCUT2D eigenvalue weighted by Gasteiger charge is -2.10. The molecule has 6 nitrogen and oxygen atoms in total. The van der Waals surface area contributed by atoms with Crippen LogP contribution in [-0.2, 0) is 14.3 Å². The largest absolute Gasteiger partial charge is 0.465 e. The fourth-order valence-corrected chi connectivity index (χ4v) is 3.37. The van der Waals surface area contributed by atoms with E-state index in [9.17, 15) is 14.4 Å². The summed E-state index contributed by atoms with van der Waals surface area (Å²) >= 11 is 7.20. The summed E-state index contributed by atoms with van der Waals surface area (Å²) in [4.78, 5) is 38.2. The molecule has 0 fully saturated rings. The van der Waals surface area contributed by atoms with E-state index in [0.29, 0.717) is 11.4 Å². The van der Waals surface area contributed by atoms with Crippen LogP contribution in [0.25, 0.3) is 11.6 Å². The molecular weight excluding hydrogens is 412 g/mol. The second-order valence-corrected chi connectivity index (χ2v) is 7.19. The summed E-state index contributed by atoms with van der Waals surface area (Å²) < 4.78 is 4.80. The van der Waals surface area contributed by atoms with E-state index in [2.05, 4.69) is 17.2 Å². The van der Waals surface area contributed by atoms with Gasteiger partial charge in [-0.3, -0.25) is 14.4 Å². The number of nitrogens with one attached hydrogen (secondary N) is 2. The molecule has 1 heterocycles. The highest BCUT2D eigenvalue weighted by atomic mass is 35.5. The number of rotatable bonds is 9. The molecule has 29 heavy (non-hydrogen) atoms. The molecule has 0 aliphatic heterocycles. The van der Waals surface area contributed by atoms with Crippen LogP contribution < -0.4 is 10.6 Å². The SMILES string of the molecule is C=C(CCl)c1ccc(C=C(NC(=O)c2ccccc2)C(=O)NCC(=O)OCC)s1. The third-order valence-electron chi connectivity index (χ3n) is 3.65. The average Bonchev–Trinajstić information content (AvgIpc) is 3.20. The van der Waals surface area contributed by atoms with Crippen LogP contribution in [0.2, 0.25) is 0 Å². The van der Waals surface area contributed by atoms with Gasteiger partial charge in [0.2, 0.25) is 0 Å². The Morgan fingerprint density at radius 1 is 1.17 bits per heavy atom. The quantitative estimate of drug-likeness (QED) is 0.361. The molecule has 0 saturated heterocycles. The number of carbonyl (C=O) groups excluding carboxylic acids is 3. The molecule has 0 aliphatic rings. The van der Waals surface area contributed by atoms with E-state index in [0.717, 1.165) is 15.3 Å². The van der Waals surface area contributed by atoms with Gasteiger partial charge in [-0.2, -0.15) is 0 Å². The zero-order valence-corrected chi connectivity index (χ0v) is 17.4. The maximum absolute atomic E-state index is 12.6. The van der Waals surface area contributed by atoms with E-state index in [4.69, 9.17) is 16.3 Å². The molecule has 0 bridgehead atoms. The molecule has 2 aromatic rings. The summed E-state index contributed by atoms with van der Waals surface area (Å²) in [5.41, 5.74) is 1.17. The second-order valence-electron chi connectivity index (χ2n) is 5.81. The minimum atomic E-state index is -0.603. The van der Waals surface area contributed by atoms with E-state index in [1.807, 2.05) is 6.07 Å². The molecule has 0 unspecified atom stereocenters. The first kappa shape index (κ1) is 22.4. The highest BCUT2D eigenvalue weighted by Crippen LogP contribution is 2.25. The van der Waals surface area contributed by atoms with Gasteiger partial charge in [0.1, 0.15) is 12.2 Å². The van der Waals surface area contributed by atoms with Crippen molar-refractivity contribution in [2.24, 2.45) is 0 Å². The standard InChI is InChI=1S/C21H21ClN2O4S/c1-3-28-19(25)13-23-21(27)17(24-20(26)15-7-5-4-6-8-15)11-16-9-10-18(29-16)14(2)12-22/h4-11H,2-3,12-13H2,1H3,(H,23,27)(H,24,26). The molecule has 2 amide bonds. The van der Waals surface area contributed by atoms with Crippen molar-refractivity contribution in [2.45, 2.75) is 6.92 Å². The van der Waals surface area contributed by atoms with Crippen molar-refractivity contribution in [1.82, 2.24) is 10.6 Å². The van der Waals surface area contributed by atoms with E-state index < -0.39 is 17.8 Å². The summed E-state index contributed by atoms with van der Waals surface area (Å²) in [5.74, 6) is -1.31. The third-order valence-corrected chi connectivity index (χ3v) is 5.11. The number of thiophene rings is 1. The van der Waals surface area contributed by atoms with Gasteiger partial charge >= 0.3 is 5.97 Å². The molecule has 152 valence electrons. The Balaban J connectivity index is 2.23. The van der Waals surface area contributed by atoms with Crippen molar-refractivity contribution in [3.05, 3.63) is 70.1 Å². The van der Waals surface area contributed by atoms with Gasteiger partial charge in [-0.15, -0.1) is 22.9 Å². The number of carbonyl (C=O) groups is 3. The molecule has 0 radical (unpaired) electrons. The molecule has 0 spiro atoms. The molecule has 2 rings (SSSR count). The van der Waals surface area contributed by atoms with Crippen LogP contribution in [0.4, 0.5) is 0 Å². The lowest BCUT2D eigenvalue weighted by atomic mass is 10.2. The number of ether oxygens (including phenoxy) is 1. The third kappa shape index (κ3) is 6.89. The maximum atomic E-state index is 12.6. The topological polar surface area (TPSA) is 84.5 Å². The number of amides is 2. The van der Waals surface area contributed by atoms with Crippen LogP contribution in [0.5, 0.6) is 0 Å². The Bertz CT molecular complexity index is 922. The molecule has 0 atom stereocenters. The van der Waals surface area contributed by atoms with Crippen LogP contribution in [-0.4, -0.2) is 36.8 Å². The number of esters is 1. The summed E-state index contributed by atoms with van der Waals surface area (Å²) in [7, 11) is 0. The maximum Gasteiger partial charge on any atom is 0.325 e. The van der Waals surface area contributed by atoms with Crippen molar-refractivity contribution in [1.29, 1.82) is 0 Å². The van der Waals surface area contributed by atoms with Gasteiger partial charge in [0.05, 0.1) is 6.61 Å². The molecule has 2 N–H and O–H groups in total. The minimum Gasteiger partial charge on any atom is -0.465 e. The predicted octanol–water partition coefficient (Wildman–Crippen LogP) is 3.45. The first-order valence-electron chi connectivity index (χ1n) is 8.80. The van der Waals surface area contributed by atoms with Crippen molar-refractivity contribution < 1.29 is 19.1 Å². The summed E-state index contributed by atoms with van der Waals surface area (Å²) in [6.45, 7) is 5.47. The van der Waals surface area contributed by atoms with Gasteiger partial charge in [-0.05, 0) is 42.8 Å². The van der Waals surface area contributed by atoms with Crippen LogP contribution in [0.3, 0.4) is 0 Å². The number of benzene rings is 1. The fourth-order valence-electron chi connectivity index (χ4n) is 2.23. The van der Waals surface area contributed by atoms with E-state index >= 15 is 0 Å². The number of hydrogen-bond donors (Lipinski definition) is 2. The molecule has 0 saturated carbocycles. The minimum absolute atomic E-state index is 0.00744. The molecule has 1 aromatic heterocycles. The molecule has 8 heteroatoms. The lowest BCUT2D eigenvalue weighted by Crippen LogP contribution is -2.37. The van der Waals surface area contributed by atoms with E-state index in [1.54, 1.807) is 43.3 Å². The van der Waals surface area contributed by atoms with Gasteiger partial charge < -0.3 is 15.4 Å². The number of hydrogen-bond acceptors (Lipinski definition) is 5. The van der Waals surface area contributed by atoms with E-state index in [-0.39, 0.29) is 18.8 Å². The van der Waals surface area contributed by atoms with Crippen LogP contribution in [0, 0.1) is 0 Å². The first-order chi connectivity index (χ1) is 13.9. The van der Waals surface area contributed by atoms with Crippen molar-refractivity contribution in [2.75, 3.05) is 19.0 Å². The van der Waals surface area contributed by atoms with Crippen LogP contribution >= 0.6 is 22.9 Å². The molecular formula is C21H21ClN2O4S. The summed E-state index contributed by atoms with van der Waals surface area (Å²) in [6, 6.07) is 12.1. The predicted molar refractivity (Wildman–Crippen MR) is 116 cm³/mol. The zero-order chi connectivity index (χ0) is 21.2. The Labute approximate surface area is 178 Å². The summed E-state index contributed by atoms with van der Waals surface area (Å²) in [6.07, 6.45) is 1.54. The van der Waals surface area contributed by atoms with Gasteiger partial charge in [0.15, 0.2) is 0 Å². The highest BCUT2D eigenvalue weighted by Gasteiger charge is 2.16. The van der Waals surface area contributed by atoms with E-state index in [1.165, 1.54) is 17.4 Å². The Hall–Kier alpha value is -2.90. The lowest BCUT2D eigenvalue weighted by molar-refractivity contribution is -0.143. The van der Waals surface area contributed by atoms with Gasteiger partial charge in [-0.25, -0.2) is 0 Å². The van der Waals surface area contributed by atoms with Gasteiger partial charge in [0.25, 0.3) is 11.8 Å². The fraction of sp³-hybridized carbons (Fsp3) is 0.190. The first-order valence-corrected chi connectivity index (χ1v) is 10.2.